The summed E-state index contributed by atoms with van der Waals surface area (Å²) in [6, 6.07) is 7.14. The van der Waals surface area contributed by atoms with Gasteiger partial charge in [0.25, 0.3) is 0 Å². The summed E-state index contributed by atoms with van der Waals surface area (Å²) < 4.78 is 5.54. The topological polar surface area (TPSA) is 99.4 Å². The number of aliphatic carboxylic acids is 2. The maximum atomic E-state index is 10.7. The van der Waals surface area contributed by atoms with Crippen molar-refractivity contribution in [3.8, 4) is 5.75 Å². The lowest BCUT2D eigenvalue weighted by Crippen LogP contribution is -2.30. The van der Waals surface area contributed by atoms with Crippen molar-refractivity contribution in [3.05, 3.63) is 29.8 Å². The molecule has 0 unspecified atom stereocenters. The maximum Gasteiger partial charge on any atom is 0.324 e. The molecule has 21 heavy (non-hydrogen) atoms. The number of hydrogen-bond donors (Lipinski definition) is 2. The van der Waals surface area contributed by atoms with Gasteiger partial charge in [0, 0.05) is 5.56 Å². The average Bonchev–Trinajstić information content (AvgIpc) is 2.42. The van der Waals surface area contributed by atoms with Crippen molar-refractivity contribution < 1.29 is 24.5 Å². The van der Waals surface area contributed by atoms with Crippen molar-refractivity contribution >= 4 is 18.2 Å². The Hall–Kier alpha value is -2.57. The van der Waals surface area contributed by atoms with E-state index in [4.69, 9.17) is 14.9 Å². The van der Waals surface area contributed by atoms with E-state index in [1.54, 1.807) is 18.2 Å². The fourth-order valence-corrected chi connectivity index (χ4v) is 1.52. The van der Waals surface area contributed by atoms with Crippen LogP contribution in [-0.2, 0) is 9.59 Å². The third-order valence-electron chi connectivity index (χ3n) is 2.38. The van der Waals surface area contributed by atoms with Crippen LogP contribution in [0.15, 0.2) is 29.4 Å². The third-order valence-corrected chi connectivity index (χ3v) is 2.38. The van der Waals surface area contributed by atoms with E-state index in [-0.39, 0.29) is 0 Å². The highest BCUT2D eigenvalue weighted by Gasteiger charge is 2.10. The molecule has 1 aromatic rings. The van der Waals surface area contributed by atoms with Crippen molar-refractivity contribution in [1.82, 2.24) is 5.01 Å². The van der Waals surface area contributed by atoms with Gasteiger partial charge in [-0.3, -0.25) is 14.6 Å². The van der Waals surface area contributed by atoms with E-state index in [0.29, 0.717) is 17.9 Å². The number of hydrogen-bond acceptors (Lipinski definition) is 5. The lowest BCUT2D eigenvalue weighted by molar-refractivity contribution is -0.141. The minimum atomic E-state index is -1.15. The zero-order valence-corrected chi connectivity index (χ0v) is 11.7. The van der Waals surface area contributed by atoms with Gasteiger partial charge in [-0.1, -0.05) is 19.1 Å². The molecule has 0 heterocycles. The highest BCUT2D eigenvalue weighted by Crippen LogP contribution is 2.16. The number of carbonyl (C=O) groups is 2. The number of ether oxygens (including phenoxy) is 1. The maximum absolute atomic E-state index is 10.7. The van der Waals surface area contributed by atoms with Crippen LogP contribution in [0, 0.1) is 0 Å². The summed E-state index contributed by atoms with van der Waals surface area (Å²) >= 11 is 0. The third kappa shape index (κ3) is 6.42. The molecule has 0 aliphatic heterocycles. The summed E-state index contributed by atoms with van der Waals surface area (Å²) in [5.41, 5.74) is 0.659. The largest absolute Gasteiger partial charge is 0.493 e. The second kappa shape index (κ2) is 8.57. The van der Waals surface area contributed by atoms with Crippen molar-refractivity contribution in [2.24, 2.45) is 5.10 Å². The Balaban J connectivity index is 2.84. The lowest BCUT2D eigenvalue weighted by Gasteiger charge is -2.14. The molecule has 0 spiro atoms. The summed E-state index contributed by atoms with van der Waals surface area (Å²) in [6.07, 6.45) is 2.26. The molecule has 1 rings (SSSR count). The van der Waals surface area contributed by atoms with Crippen LogP contribution in [0.5, 0.6) is 5.75 Å². The van der Waals surface area contributed by atoms with E-state index < -0.39 is 25.0 Å². The van der Waals surface area contributed by atoms with E-state index in [0.717, 1.165) is 11.4 Å². The number of benzene rings is 1. The monoisotopic (exact) mass is 294 g/mol. The second-order valence-electron chi connectivity index (χ2n) is 4.24. The van der Waals surface area contributed by atoms with Crippen LogP contribution in [0.4, 0.5) is 0 Å². The van der Waals surface area contributed by atoms with E-state index in [1.165, 1.54) is 6.21 Å². The Labute approximate surface area is 122 Å². The van der Waals surface area contributed by atoms with Gasteiger partial charge >= 0.3 is 11.9 Å². The van der Waals surface area contributed by atoms with Gasteiger partial charge in [-0.15, -0.1) is 0 Å². The van der Waals surface area contributed by atoms with E-state index in [9.17, 15) is 9.59 Å². The first-order chi connectivity index (χ1) is 10.0. The number of carboxylic acids is 2. The van der Waals surface area contributed by atoms with Crippen LogP contribution in [0.1, 0.15) is 18.9 Å². The first-order valence-corrected chi connectivity index (χ1v) is 6.47. The van der Waals surface area contributed by atoms with Crippen LogP contribution >= 0.6 is 0 Å². The second-order valence-corrected chi connectivity index (χ2v) is 4.24. The quantitative estimate of drug-likeness (QED) is 0.526. The van der Waals surface area contributed by atoms with Gasteiger partial charge in [-0.05, 0) is 18.6 Å². The predicted octanol–water partition coefficient (Wildman–Crippen LogP) is 1.28. The molecule has 0 saturated heterocycles. The number of para-hydroxylation sites is 1. The minimum absolute atomic E-state index is 0.485. The summed E-state index contributed by atoms with van der Waals surface area (Å²) in [7, 11) is 0. The fraction of sp³-hybridized carbons (Fsp3) is 0.357. The molecule has 0 amide bonds. The Bertz CT molecular complexity index is 500. The highest BCUT2D eigenvalue weighted by molar-refractivity contribution is 5.83. The van der Waals surface area contributed by atoms with Gasteiger partial charge < -0.3 is 14.9 Å². The molecule has 0 aromatic heterocycles. The zero-order valence-electron chi connectivity index (χ0n) is 11.7. The molecule has 0 aliphatic carbocycles. The number of rotatable bonds is 9. The van der Waals surface area contributed by atoms with Crippen LogP contribution in [0.2, 0.25) is 0 Å². The minimum Gasteiger partial charge on any atom is -0.493 e. The molecular weight excluding hydrogens is 276 g/mol. The first-order valence-electron chi connectivity index (χ1n) is 6.47. The van der Waals surface area contributed by atoms with E-state index >= 15 is 0 Å². The van der Waals surface area contributed by atoms with Crippen LogP contribution < -0.4 is 4.74 Å². The van der Waals surface area contributed by atoms with Crippen molar-refractivity contribution in [2.75, 3.05) is 19.7 Å². The van der Waals surface area contributed by atoms with Gasteiger partial charge in [0.15, 0.2) is 0 Å². The number of nitrogens with zero attached hydrogens (tertiary/aromatic N) is 2. The van der Waals surface area contributed by atoms with E-state index in [2.05, 4.69) is 5.10 Å². The summed E-state index contributed by atoms with van der Waals surface area (Å²) in [4.78, 5) is 21.4. The summed E-state index contributed by atoms with van der Waals surface area (Å²) in [6.45, 7) is 1.57. The Morgan fingerprint density at radius 2 is 1.86 bits per heavy atom. The molecule has 0 fully saturated rings. The zero-order chi connectivity index (χ0) is 15.7. The van der Waals surface area contributed by atoms with Crippen molar-refractivity contribution in [1.29, 1.82) is 0 Å². The fourth-order valence-electron chi connectivity index (χ4n) is 1.52. The molecular formula is C14H18N2O5. The molecule has 2 N–H and O–H groups in total. The highest BCUT2D eigenvalue weighted by atomic mass is 16.5. The van der Waals surface area contributed by atoms with Gasteiger partial charge in [-0.2, -0.15) is 5.10 Å². The number of carboxylic acid groups (broad SMARTS) is 2. The van der Waals surface area contributed by atoms with Gasteiger partial charge in [-0.25, -0.2) is 0 Å². The lowest BCUT2D eigenvalue weighted by atomic mass is 10.2. The van der Waals surface area contributed by atoms with Crippen LogP contribution in [0.25, 0.3) is 0 Å². The molecule has 1 aromatic carbocycles. The average molecular weight is 294 g/mol. The summed E-state index contributed by atoms with van der Waals surface area (Å²) in [5.74, 6) is -1.68. The van der Waals surface area contributed by atoms with Gasteiger partial charge in [0.2, 0.25) is 0 Å². The molecule has 7 heteroatoms. The van der Waals surface area contributed by atoms with Gasteiger partial charge in [0.1, 0.15) is 18.8 Å². The first kappa shape index (κ1) is 16.5. The molecule has 0 atom stereocenters. The normalized spacial score (nSPS) is 10.5. The predicted molar refractivity (Wildman–Crippen MR) is 76.7 cm³/mol. The number of hydrazone groups is 1. The molecule has 114 valence electrons. The molecule has 0 aliphatic rings. The van der Waals surface area contributed by atoms with Gasteiger partial charge in [0.05, 0.1) is 12.8 Å². The van der Waals surface area contributed by atoms with Crippen molar-refractivity contribution in [2.45, 2.75) is 13.3 Å². The molecule has 0 bridgehead atoms. The standard InChI is InChI=1S/C14H18N2O5/c1-2-7-21-12-6-4-3-5-11(12)8-15-16(9-13(17)18)10-14(19)20/h3-6,8H,2,7,9-10H2,1H3,(H,17,18)(H,19,20)/b15-8-. The van der Waals surface area contributed by atoms with Crippen LogP contribution in [-0.4, -0.2) is 53.1 Å². The Kier molecular flexibility index (Phi) is 6.73. The SMILES string of the molecule is CCCOc1ccccc1/C=N\N(CC(=O)O)CC(=O)O. The van der Waals surface area contributed by atoms with Crippen LogP contribution in [0.3, 0.4) is 0 Å². The molecule has 7 nitrogen and oxygen atoms in total. The molecule has 0 saturated carbocycles. The smallest absolute Gasteiger partial charge is 0.324 e. The Morgan fingerprint density at radius 3 is 2.43 bits per heavy atom. The molecule has 0 radical (unpaired) electrons. The van der Waals surface area contributed by atoms with E-state index in [1.807, 2.05) is 13.0 Å². The summed E-state index contributed by atoms with van der Waals surface area (Å²) in [5, 5.41) is 22.3. The van der Waals surface area contributed by atoms with Crippen molar-refractivity contribution in [3.63, 3.8) is 0 Å². The Morgan fingerprint density at radius 1 is 1.24 bits per heavy atom.